The number of nitrogen functional groups attached to an aromatic ring is 1. The number of pyridine rings is 1. The van der Waals surface area contributed by atoms with E-state index < -0.39 is 0 Å². The van der Waals surface area contributed by atoms with E-state index in [0.717, 1.165) is 10.9 Å². The third kappa shape index (κ3) is 1.76. The average Bonchev–Trinajstić information content (AvgIpc) is 2.39. The van der Waals surface area contributed by atoms with E-state index in [2.05, 4.69) is 15.0 Å². The molecule has 5 heteroatoms. The summed E-state index contributed by atoms with van der Waals surface area (Å²) in [5.41, 5.74) is 7.39. The maximum atomic E-state index is 6.13. The van der Waals surface area contributed by atoms with Crippen molar-refractivity contribution in [2.24, 2.45) is 0 Å². The zero-order valence-electron chi connectivity index (χ0n) is 9.34. The Labute approximate surface area is 108 Å². The van der Waals surface area contributed by atoms with Gasteiger partial charge in [-0.05, 0) is 18.2 Å². The second-order valence-electron chi connectivity index (χ2n) is 3.81. The van der Waals surface area contributed by atoms with E-state index in [-0.39, 0.29) is 0 Å². The highest BCUT2D eigenvalue weighted by molar-refractivity contribution is 6.33. The fourth-order valence-corrected chi connectivity index (χ4v) is 1.99. The molecule has 2 aromatic heterocycles. The van der Waals surface area contributed by atoms with Crippen LogP contribution in [0.3, 0.4) is 0 Å². The van der Waals surface area contributed by atoms with Crippen LogP contribution < -0.4 is 5.73 Å². The van der Waals surface area contributed by atoms with Gasteiger partial charge >= 0.3 is 0 Å². The summed E-state index contributed by atoms with van der Waals surface area (Å²) in [5, 5.41) is 1.39. The van der Waals surface area contributed by atoms with Gasteiger partial charge in [-0.2, -0.15) is 0 Å². The van der Waals surface area contributed by atoms with Crippen LogP contribution in [0.5, 0.6) is 0 Å². The van der Waals surface area contributed by atoms with Crippen molar-refractivity contribution in [1.82, 2.24) is 15.0 Å². The highest BCUT2D eigenvalue weighted by Gasteiger charge is 2.09. The molecule has 0 aliphatic rings. The molecule has 1 aromatic carbocycles. The predicted octanol–water partition coefficient (Wildman–Crippen LogP) is 2.93. The minimum atomic E-state index is 0.428. The zero-order valence-corrected chi connectivity index (χ0v) is 10.1. The van der Waals surface area contributed by atoms with Gasteiger partial charge in [-0.3, -0.25) is 4.98 Å². The predicted molar refractivity (Wildman–Crippen MR) is 72.2 cm³/mol. The number of benzene rings is 1. The standard InChI is InChI=1S/C13H9ClN4/c14-10-4-2-1-3-8(10)13-17-11-7-16-6-5-9(11)12(15)18-13/h1-7H,(H2,15,17,18). The van der Waals surface area contributed by atoms with E-state index in [4.69, 9.17) is 17.3 Å². The van der Waals surface area contributed by atoms with Gasteiger partial charge in [-0.1, -0.05) is 23.7 Å². The number of hydrogen-bond donors (Lipinski definition) is 1. The van der Waals surface area contributed by atoms with Gasteiger partial charge in [-0.15, -0.1) is 0 Å². The number of fused-ring (bicyclic) bond motifs is 1. The first-order valence-corrected chi connectivity index (χ1v) is 5.75. The smallest absolute Gasteiger partial charge is 0.163 e. The summed E-state index contributed by atoms with van der Waals surface area (Å²) in [6.45, 7) is 0. The van der Waals surface area contributed by atoms with E-state index in [1.807, 2.05) is 18.2 Å². The summed E-state index contributed by atoms with van der Waals surface area (Å²) in [7, 11) is 0. The summed E-state index contributed by atoms with van der Waals surface area (Å²) in [4.78, 5) is 12.7. The van der Waals surface area contributed by atoms with Crippen molar-refractivity contribution in [3.8, 4) is 11.4 Å². The third-order valence-electron chi connectivity index (χ3n) is 2.64. The number of anilines is 1. The first kappa shape index (κ1) is 10.9. The van der Waals surface area contributed by atoms with Gasteiger partial charge in [0.2, 0.25) is 0 Å². The Hall–Kier alpha value is -2.20. The molecule has 18 heavy (non-hydrogen) atoms. The fourth-order valence-electron chi connectivity index (χ4n) is 1.77. The molecule has 4 nitrogen and oxygen atoms in total. The van der Waals surface area contributed by atoms with E-state index in [1.54, 1.807) is 24.5 Å². The van der Waals surface area contributed by atoms with Crippen molar-refractivity contribution < 1.29 is 0 Å². The third-order valence-corrected chi connectivity index (χ3v) is 2.97. The maximum absolute atomic E-state index is 6.13. The van der Waals surface area contributed by atoms with Crippen LogP contribution in [0.4, 0.5) is 5.82 Å². The lowest BCUT2D eigenvalue weighted by molar-refractivity contribution is 1.21. The second kappa shape index (κ2) is 4.23. The molecule has 2 heterocycles. The van der Waals surface area contributed by atoms with Gasteiger partial charge in [0.05, 0.1) is 16.7 Å². The Morgan fingerprint density at radius 1 is 1.06 bits per heavy atom. The molecule has 0 aliphatic carbocycles. The van der Waals surface area contributed by atoms with Crippen LogP contribution in [-0.2, 0) is 0 Å². The number of hydrogen-bond acceptors (Lipinski definition) is 4. The molecular formula is C13H9ClN4. The number of aromatic nitrogens is 3. The monoisotopic (exact) mass is 256 g/mol. The molecule has 0 spiro atoms. The van der Waals surface area contributed by atoms with Gasteiger partial charge < -0.3 is 5.73 Å². The van der Waals surface area contributed by atoms with E-state index >= 15 is 0 Å². The Bertz CT molecular complexity index is 727. The summed E-state index contributed by atoms with van der Waals surface area (Å²) in [5.74, 6) is 0.941. The maximum Gasteiger partial charge on any atom is 0.163 e. The molecule has 3 rings (SSSR count). The van der Waals surface area contributed by atoms with Crippen LogP contribution in [0.25, 0.3) is 22.3 Å². The lowest BCUT2D eigenvalue weighted by Gasteiger charge is -2.06. The highest BCUT2D eigenvalue weighted by Crippen LogP contribution is 2.27. The van der Waals surface area contributed by atoms with Gasteiger partial charge in [-0.25, -0.2) is 9.97 Å². The molecular weight excluding hydrogens is 248 g/mol. The molecule has 0 fully saturated rings. The van der Waals surface area contributed by atoms with Crippen LogP contribution in [0, 0.1) is 0 Å². The lowest BCUT2D eigenvalue weighted by Crippen LogP contribution is -1.98. The van der Waals surface area contributed by atoms with Crippen molar-refractivity contribution >= 4 is 28.3 Å². The molecule has 0 unspecified atom stereocenters. The first-order chi connectivity index (χ1) is 8.75. The molecule has 0 atom stereocenters. The first-order valence-electron chi connectivity index (χ1n) is 5.38. The minimum Gasteiger partial charge on any atom is -0.383 e. The van der Waals surface area contributed by atoms with Gasteiger partial charge in [0, 0.05) is 17.1 Å². The molecule has 88 valence electrons. The minimum absolute atomic E-state index is 0.428. The summed E-state index contributed by atoms with van der Waals surface area (Å²) in [6.07, 6.45) is 3.32. The average molecular weight is 257 g/mol. The van der Waals surface area contributed by atoms with Crippen molar-refractivity contribution in [2.45, 2.75) is 0 Å². The van der Waals surface area contributed by atoms with E-state index in [1.165, 1.54) is 0 Å². The van der Waals surface area contributed by atoms with Crippen LogP contribution in [0.15, 0.2) is 42.7 Å². The Balaban J connectivity index is 2.28. The molecule has 0 saturated carbocycles. The quantitative estimate of drug-likeness (QED) is 0.727. The molecule has 2 N–H and O–H groups in total. The van der Waals surface area contributed by atoms with Crippen molar-refractivity contribution in [1.29, 1.82) is 0 Å². The Morgan fingerprint density at radius 2 is 1.89 bits per heavy atom. The molecule has 0 radical (unpaired) electrons. The molecule has 0 saturated heterocycles. The fraction of sp³-hybridized carbons (Fsp3) is 0. The molecule has 0 bridgehead atoms. The van der Waals surface area contributed by atoms with Crippen molar-refractivity contribution in [3.63, 3.8) is 0 Å². The van der Waals surface area contributed by atoms with Gasteiger partial charge in [0.15, 0.2) is 5.82 Å². The lowest BCUT2D eigenvalue weighted by atomic mass is 10.2. The summed E-state index contributed by atoms with van der Waals surface area (Å²) in [6, 6.07) is 9.19. The SMILES string of the molecule is Nc1nc(-c2ccccc2Cl)nc2cnccc12. The normalized spacial score (nSPS) is 10.7. The highest BCUT2D eigenvalue weighted by atomic mass is 35.5. The van der Waals surface area contributed by atoms with Crippen LogP contribution in [-0.4, -0.2) is 15.0 Å². The van der Waals surface area contributed by atoms with Crippen molar-refractivity contribution in [2.75, 3.05) is 5.73 Å². The summed E-state index contributed by atoms with van der Waals surface area (Å²) < 4.78 is 0. The van der Waals surface area contributed by atoms with E-state index in [0.29, 0.717) is 22.2 Å². The zero-order chi connectivity index (χ0) is 12.5. The molecule has 0 aliphatic heterocycles. The number of nitrogens with two attached hydrogens (primary N) is 1. The van der Waals surface area contributed by atoms with Crippen LogP contribution in [0.1, 0.15) is 0 Å². The Kier molecular flexibility index (Phi) is 2.57. The van der Waals surface area contributed by atoms with Crippen molar-refractivity contribution in [3.05, 3.63) is 47.7 Å². The topological polar surface area (TPSA) is 64.7 Å². The number of nitrogens with zero attached hydrogens (tertiary/aromatic N) is 3. The van der Waals surface area contributed by atoms with Gasteiger partial charge in [0.25, 0.3) is 0 Å². The van der Waals surface area contributed by atoms with Crippen LogP contribution in [0.2, 0.25) is 5.02 Å². The van der Waals surface area contributed by atoms with Crippen LogP contribution >= 0.6 is 11.6 Å². The number of halogens is 1. The second-order valence-corrected chi connectivity index (χ2v) is 4.21. The van der Waals surface area contributed by atoms with E-state index in [9.17, 15) is 0 Å². The molecule has 3 aromatic rings. The Morgan fingerprint density at radius 3 is 2.72 bits per heavy atom. The largest absolute Gasteiger partial charge is 0.383 e. The molecule has 0 amide bonds. The van der Waals surface area contributed by atoms with Gasteiger partial charge in [0.1, 0.15) is 5.82 Å². The summed E-state index contributed by atoms with van der Waals surface area (Å²) >= 11 is 6.13. The number of rotatable bonds is 1.